The van der Waals surface area contributed by atoms with Crippen LogP contribution in [0, 0.1) is 0 Å². The number of imidazole rings is 1. The van der Waals surface area contributed by atoms with Crippen LogP contribution in [0.25, 0.3) is 116 Å². The topological polar surface area (TPSA) is 43.5 Å². The lowest BCUT2D eigenvalue weighted by molar-refractivity contribution is 1.16. The van der Waals surface area contributed by atoms with Crippen molar-refractivity contribution < 1.29 is 0 Å². The Morgan fingerprint density at radius 2 is 0.803 bits per heavy atom. The zero-order valence-electron chi connectivity index (χ0n) is 32.7. The lowest BCUT2D eigenvalue weighted by atomic mass is 9.99. The molecule has 1 N–H and O–H groups in total. The van der Waals surface area contributed by atoms with Crippen LogP contribution in [0.15, 0.2) is 200 Å². The van der Waals surface area contributed by atoms with Gasteiger partial charge in [-0.1, -0.05) is 133 Å². The monoisotopic (exact) mass is 799 g/mol. The molecule has 0 saturated heterocycles. The van der Waals surface area contributed by atoms with Crippen molar-refractivity contribution in [2.75, 3.05) is 0 Å². The molecule has 13 rings (SSSR count). The second-order valence-electron chi connectivity index (χ2n) is 15.8. The van der Waals surface area contributed by atoms with Crippen LogP contribution in [-0.4, -0.2) is 23.7 Å². The molecule has 6 heteroatoms. The lowest BCUT2D eigenvalue weighted by Crippen LogP contribution is -1.97. The molecule has 4 aromatic heterocycles. The summed E-state index contributed by atoms with van der Waals surface area (Å²) in [6.45, 7) is 0. The first kappa shape index (κ1) is 34.0. The summed E-state index contributed by atoms with van der Waals surface area (Å²) in [5.41, 5.74) is 15.0. The molecule has 61 heavy (non-hydrogen) atoms. The van der Waals surface area contributed by atoms with Gasteiger partial charge in [0.2, 0.25) is 0 Å². The normalized spacial score (nSPS) is 12.0. The van der Waals surface area contributed by atoms with Gasteiger partial charge in [0, 0.05) is 59.8 Å². The number of hydrogen-bond donors (Lipinski definition) is 1. The van der Waals surface area contributed by atoms with Crippen LogP contribution in [0.3, 0.4) is 0 Å². The fourth-order valence-corrected chi connectivity index (χ4v) is 10.1. The van der Waals surface area contributed by atoms with E-state index in [1.54, 1.807) is 0 Å². The zero-order valence-corrected chi connectivity index (χ0v) is 33.5. The number of hydrogen-bond acceptors (Lipinski definition) is 1. The van der Waals surface area contributed by atoms with Crippen LogP contribution in [0.4, 0.5) is 0 Å². The molecule has 5 nitrogen and oxygen atoms in total. The molecule has 0 saturated carbocycles. The van der Waals surface area contributed by atoms with Crippen molar-refractivity contribution in [1.29, 1.82) is 0 Å². The Kier molecular flexibility index (Phi) is 7.30. The van der Waals surface area contributed by atoms with E-state index in [2.05, 4.69) is 201 Å². The van der Waals surface area contributed by atoms with Crippen molar-refractivity contribution in [3.05, 3.63) is 205 Å². The van der Waals surface area contributed by atoms with Crippen LogP contribution in [0.2, 0.25) is 5.02 Å². The minimum absolute atomic E-state index is 0.706. The van der Waals surface area contributed by atoms with E-state index in [1.807, 2.05) is 18.2 Å². The summed E-state index contributed by atoms with van der Waals surface area (Å²) < 4.78 is 7.20. The Morgan fingerprint density at radius 1 is 0.361 bits per heavy atom. The zero-order chi connectivity index (χ0) is 40.2. The summed E-state index contributed by atoms with van der Waals surface area (Å²) in [5, 5.41) is 8.00. The third-order valence-corrected chi connectivity index (χ3v) is 12.8. The molecule has 0 radical (unpaired) electrons. The number of rotatable bonds is 5. The highest BCUT2D eigenvalue weighted by atomic mass is 35.5. The number of halogens is 1. The smallest absolute Gasteiger partial charge is 0.139 e. The number of benzene rings is 9. The van der Waals surface area contributed by atoms with Gasteiger partial charge in [0.05, 0.1) is 44.3 Å². The molecule has 0 atom stereocenters. The molecule has 0 bridgehead atoms. The number of H-pyrrole nitrogens is 1. The van der Waals surface area contributed by atoms with Crippen LogP contribution in [-0.2, 0) is 0 Å². The molecule has 13 aromatic rings. The van der Waals surface area contributed by atoms with Gasteiger partial charge >= 0.3 is 0 Å². The first-order chi connectivity index (χ1) is 30.2. The SMILES string of the molecule is Clc1ccccc1-c1ccccc1-c1nc2c(-n3c4ccc(-n5c6ccccc6c6ccccc65)cc4c4cc(-n5c6ccccc6c6ccccc65)ccc43)cccc2[nH]1. The average Bonchev–Trinajstić information content (AvgIpc) is 4.07. The summed E-state index contributed by atoms with van der Waals surface area (Å²) in [6, 6.07) is 71.4. The van der Waals surface area contributed by atoms with Gasteiger partial charge < -0.3 is 18.7 Å². The van der Waals surface area contributed by atoms with E-state index in [0.717, 1.165) is 72.4 Å². The molecule has 0 spiro atoms. The summed E-state index contributed by atoms with van der Waals surface area (Å²) in [7, 11) is 0. The standard InChI is InChI=1S/C55H34ClN5/c56-45-21-8-3-15-37(45)36-14-1-2-20-42(36)55-57-46-22-13-27-53(54(46)58-55)61-51-30-28-34(59-47-23-9-4-16-38(47)39-17-5-10-24-48(39)59)32-43(51)44-33-35(29-31-52(44)61)60-49-25-11-6-18-40(49)41-19-7-12-26-50(41)60/h1-33H,(H,57,58). The van der Waals surface area contributed by atoms with Crippen LogP contribution in [0.1, 0.15) is 0 Å². The van der Waals surface area contributed by atoms with Gasteiger partial charge in [-0.05, 0) is 84.4 Å². The van der Waals surface area contributed by atoms with Gasteiger partial charge in [-0.3, -0.25) is 0 Å². The number of para-hydroxylation sites is 5. The van der Waals surface area contributed by atoms with Crippen molar-refractivity contribution in [3.63, 3.8) is 0 Å². The van der Waals surface area contributed by atoms with Gasteiger partial charge in [0.1, 0.15) is 11.3 Å². The van der Waals surface area contributed by atoms with Crippen LogP contribution in [0.5, 0.6) is 0 Å². The van der Waals surface area contributed by atoms with Crippen molar-refractivity contribution in [2.45, 2.75) is 0 Å². The van der Waals surface area contributed by atoms with E-state index in [4.69, 9.17) is 16.6 Å². The van der Waals surface area contributed by atoms with Crippen molar-refractivity contribution in [2.24, 2.45) is 0 Å². The summed E-state index contributed by atoms with van der Waals surface area (Å²) >= 11 is 6.77. The Morgan fingerprint density at radius 3 is 1.33 bits per heavy atom. The molecule has 0 amide bonds. The maximum absolute atomic E-state index is 6.77. The average molecular weight is 800 g/mol. The second-order valence-corrected chi connectivity index (χ2v) is 16.2. The Labute approximate surface area is 354 Å². The van der Waals surface area contributed by atoms with E-state index in [9.17, 15) is 0 Å². The first-order valence-corrected chi connectivity index (χ1v) is 21.0. The number of aromatic nitrogens is 5. The van der Waals surface area contributed by atoms with Crippen LogP contribution >= 0.6 is 11.6 Å². The minimum atomic E-state index is 0.706. The maximum Gasteiger partial charge on any atom is 0.139 e. The third kappa shape index (κ3) is 4.99. The molecule has 0 aliphatic heterocycles. The highest BCUT2D eigenvalue weighted by molar-refractivity contribution is 6.33. The Bertz CT molecular complexity index is 3640. The molecule has 9 aromatic carbocycles. The highest BCUT2D eigenvalue weighted by Crippen LogP contribution is 2.41. The van der Waals surface area contributed by atoms with Crippen LogP contribution < -0.4 is 0 Å². The fraction of sp³-hybridized carbons (Fsp3) is 0. The fourth-order valence-electron chi connectivity index (χ4n) is 9.87. The largest absolute Gasteiger partial charge is 0.338 e. The van der Waals surface area contributed by atoms with Gasteiger partial charge in [-0.25, -0.2) is 4.98 Å². The third-order valence-electron chi connectivity index (χ3n) is 12.5. The molecule has 0 aliphatic carbocycles. The molecule has 0 aliphatic rings. The van der Waals surface area contributed by atoms with Gasteiger partial charge in [0.25, 0.3) is 0 Å². The summed E-state index contributed by atoms with van der Waals surface area (Å²) in [6.07, 6.45) is 0. The van der Waals surface area contributed by atoms with E-state index >= 15 is 0 Å². The van der Waals surface area contributed by atoms with Gasteiger partial charge in [-0.2, -0.15) is 0 Å². The molecule has 0 fully saturated rings. The quantitative estimate of drug-likeness (QED) is 0.185. The predicted molar refractivity (Wildman–Crippen MR) is 255 cm³/mol. The molecule has 0 unspecified atom stereocenters. The number of nitrogens with zero attached hydrogens (tertiary/aromatic N) is 4. The van der Waals surface area contributed by atoms with E-state index in [0.29, 0.717) is 5.02 Å². The Balaban J connectivity index is 1.09. The molecule has 286 valence electrons. The predicted octanol–water partition coefficient (Wildman–Crippen LogP) is 14.8. The highest BCUT2D eigenvalue weighted by Gasteiger charge is 2.21. The number of nitrogens with one attached hydrogen (secondary N) is 1. The van der Waals surface area contributed by atoms with E-state index < -0.39 is 0 Å². The first-order valence-electron chi connectivity index (χ1n) is 20.6. The van der Waals surface area contributed by atoms with E-state index in [1.165, 1.54) is 43.6 Å². The number of aromatic amines is 1. The Hall–Kier alpha value is -7.86. The second kappa shape index (κ2) is 13.1. The maximum atomic E-state index is 6.77. The van der Waals surface area contributed by atoms with Crippen molar-refractivity contribution in [3.8, 4) is 39.6 Å². The molecule has 4 heterocycles. The summed E-state index contributed by atoms with van der Waals surface area (Å²) in [4.78, 5) is 9.08. The van der Waals surface area contributed by atoms with Crippen molar-refractivity contribution in [1.82, 2.24) is 23.7 Å². The summed E-state index contributed by atoms with van der Waals surface area (Å²) in [5.74, 6) is 0.793. The van der Waals surface area contributed by atoms with E-state index in [-0.39, 0.29) is 0 Å². The van der Waals surface area contributed by atoms with Crippen molar-refractivity contribution >= 4 is 88.1 Å². The van der Waals surface area contributed by atoms with Gasteiger partial charge in [-0.15, -0.1) is 0 Å². The lowest BCUT2D eigenvalue weighted by Gasteiger charge is -2.11. The van der Waals surface area contributed by atoms with Gasteiger partial charge in [0.15, 0.2) is 0 Å². The molecular weight excluding hydrogens is 766 g/mol. The minimum Gasteiger partial charge on any atom is -0.338 e. The molecular formula is C55H34ClN5. The number of fused-ring (bicyclic) bond motifs is 10.